The average molecular weight is 1130 g/mol. The van der Waals surface area contributed by atoms with E-state index in [0.717, 1.165) is 83.5 Å². The molecule has 0 saturated heterocycles. The predicted molar refractivity (Wildman–Crippen MR) is 342 cm³/mol. The molecule has 0 aliphatic rings. The maximum Gasteiger partial charge on any atom is 0.472 e. The molecule has 0 fully saturated rings. The Morgan fingerprint density at radius 1 is 0.443 bits per heavy atom. The highest BCUT2D eigenvalue weighted by Crippen LogP contribution is 2.43. The van der Waals surface area contributed by atoms with Gasteiger partial charge in [0.25, 0.3) is 0 Å². The number of quaternary nitrogens is 1. The van der Waals surface area contributed by atoms with E-state index in [-0.39, 0.29) is 31.5 Å². The summed E-state index contributed by atoms with van der Waals surface area (Å²) in [5.74, 6) is -0.511. The molecule has 2 N–H and O–H groups in total. The molecule has 3 unspecified atom stereocenters. The van der Waals surface area contributed by atoms with Gasteiger partial charge in [0.1, 0.15) is 19.3 Å². The summed E-state index contributed by atoms with van der Waals surface area (Å²) in [5, 5.41) is 3.06. The number of ether oxygens (including phenoxy) is 1. The molecule has 0 heterocycles. The van der Waals surface area contributed by atoms with E-state index in [4.69, 9.17) is 13.8 Å². The highest BCUT2D eigenvalue weighted by molar-refractivity contribution is 7.47. The molecule has 1 amide bonds. The van der Waals surface area contributed by atoms with E-state index in [1.165, 1.54) is 199 Å². The quantitative estimate of drug-likeness (QED) is 0.0205. The Kier molecular flexibility index (Phi) is 57.2. The number of hydrogen-bond donors (Lipinski definition) is 2. The van der Waals surface area contributed by atoms with Gasteiger partial charge in [-0.1, -0.05) is 268 Å². The van der Waals surface area contributed by atoms with E-state index < -0.39 is 20.0 Å². The first-order chi connectivity index (χ1) is 38.4. The van der Waals surface area contributed by atoms with Crippen LogP contribution >= 0.6 is 7.82 Å². The van der Waals surface area contributed by atoms with Crippen molar-refractivity contribution in [1.29, 1.82) is 0 Å². The molecule has 0 spiro atoms. The summed E-state index contributed by atoms with van der Waals surface area (Å²) in [6.07, 6.45) is 75.1. The van der Waals surface area contributed by atoms with Gasteiger partial charge in [0.15, 0.2) is 0 Å². The molecular formula is C69H130N2O7P+. The number of allylic oxidation sites excluding steroid dienone is 9. The van der Waals surface area contributed by atoms with Crippen LogP contribution < -0.4 is 5.32 Å². The Morgan fingerprint density at radius 2 is 0.772 bits per heavy atom. The number of nitrogens with one attached hydrogen (secondary N) is 1. The second-order valence-electron chi connectivity index (χ2n) is 24.0. The third-order valence-corrected chi connectivity index (χ3v) is 15.9. The van der Waals surface area contributed by atoms with Gasteiger partial charge in [-0.05, 0) is 96.0 Å². The molecule has 0 aliphatic heterocycles. The Hall–Kier alpha value is -2.29. The molecule has 0 bridgehead atoms. The maximum absolute atomic E-state index is 13.6. The van der Waals surface area contributed by atoms with Crippen molar-refractivity contribution in [2.45, 2.75) is 328 Å². The van der Waals surface area contributed by atoms with Crippen molar-refractivity contribution in [3.8, 4) is 0 Å². The zero-order valence-corrected chi connectivity index (χ0v) is 53.8. The first-order valence-corrected chi connectivity index (χ1v) is 35.1. The highest BCUT2D eigenvalue weighted by Gasteiger charge is 2.30. The van der Waals surface area contributed by atoms with Gasteiger partial charge in [0.2, 0.25) is 5.91 Å². The summed E-state index contributed by atoms with van der Waals surface area (Å²) in [5.41, 5.74) is 0. The Labute approximate surface area is 490 Å². The van der Waals surface area contributed by atoms with Gasteiger partial charge < -0.3 is 19.4 Å². The average Bonchev–Trinajstić information content (AvgIpc) is 3.41. The van der Waals surface area contributed by atoms with Crippen LogP contribution in [0.15, 0.2) is 60.8 Å². The number of carbonyl (C=O) groups is 2. The maximum atomic E-state index is 13.6. The van der Waals surface area contributed by atoms with Crippen LogP contribution in [0.5, 0.6) is 0 Å². The molecule has 0 aromatic carbocycles. The molecular weight excluding hydrogens is 1000 g/mol. The molecule has 10 heteroatoms. The second kappa shape index (κ2) is 58.9. The Balaban J connectivity index is 5.11. The van der Waals surface area contributed by atoms with Crippen molar-refractivity contribution in [2.24, 2.45) is 0 Å². The summed E-state index contributed by atoms with van der Waals surface area (Å²) in [7, 11) is 1.49. The molecule has 0 rings (SSSR count). The van der Waals surface area contributed by atoms with Crippen LogP contribution in [0.1, 0.15) is 316 Å². The van der Waals surface area contributed by atoms with E-state index in [1.54, 1.807) is 0 Å². The number of phosphoric acid groups is 1. The Bertz CT molecular complexity index is 1540. The van der Waals surface area contributed by atoms with Gasteiger partial charge in [0.05, 0.1) is 33.8 Å². The van der Waals surface area contributed by atoms with Crippen LogP contribution in [0, 0.1) is 0 Å². The van der Waals surface area contributed by atoms with Crippen LogP contribution in [0.3, 0.4) is 0 Å². The van der Waals surface area contributed by atoms with Crippen molar-refractivity contribution in [2.75, 3.05) is 40.9 Å². The fraction of sp³-hybridized carbons (Fsp3) is 0.826. The summed E-state index contributed by atoms with van der Waals surface area (Å²) < 4.78 is 30.7. The first kappa shape index (κ1) is 76.7. The molecule has 0 aliphatic carbocycles. The summed E-state index contributed by atoms with van der Waals surface area (Å²) >= 11 is 0. The zero-order valence-electron chi connectivity index (χ0n) is 52.9. The minimum atomic E-state index is -4.45. The van der Waals surface area contributed by atoms with Crippen LogP contribution in [-0.4, -0.2) is 74.3 Å². The van der Waals surface area contributed by atoms with Gasteiger partial charge in [-0.25, -0.2) is 4.57 Å². The molecule has 9 nitrogen and oxygen atoms in total. The summed E-state index contributed by atoms with van der Waals surface area (Å²) in [6, 6.07) is -0.856. The molecule has 79 heavy (non-hydrogen) atoms. The minimum absolute atomic E-state index is 0.0369. The van der Waals surface area contributed by atoms with Crippen molar-refractivity contribution < 1.29 is 37.3 Å². The first-order valence-electron chi connectivity index (χ1n) is 33.6. The number of likely N-dealkylation sites (N-methyl/N-ethyl adjacent to an activating group) is 1. The monoisotopic (exact) mass is 1130 g/mol. The van der Waals surface area contributed by atoms with E-state index in [9.17, 15) is 19.0 Å². The number of carbonyl (C=O) groups excluding carboxylic acids is 2. The fourth-order valence-electron chi connectivity index (χ4n) is 9.71. The molecule has 462 valence electrons. The number of phosphoric ester groups is 1. The molecule has 3 atom stereocenters. The smallest absolute Gasteiger partial charge is 0.456 e. The molecule has 0 saturated carbocycles. The molecule has 0 aromatic heterocycles. The van der Waals surface area contributed by atoms with Gasteiger partial charge in [-0.15, -0.1) is 0 Å². The molecule has 0 radical (unpaired) electrons. The third-order valence-electron chi connectivity index (χ3n) is 14.9. The number of nitrogens with zero attached hydrogens (tertiary/aromatic N) is 1. The number of hydrogen-bond acceptors (Lipinski definition) is 6. The normalized spacial score (nSPS) is 14.0. The number of rotatable bonds is 61. The number of unbranched alkanes of at least 4 members (excludes halogenated alkanes) is 37. The van der Waals surface area contributed by atoms with E-state index in [0.29, 0.717) is 17.4 Å². The standard InChI is InChI=1S/C69H129N2O7P/c1-7-10-13-16-19-22-25-27-29-31-33-34-35-36-38-40-42-44-47-50-53-56-59-62-69(73)78-67(60-57-54-51-48-45-24-21-18-15-12-9-3)66(65-77-79(74,75)76-64-63-71(4,5)6)70-68(72)61-58-55-52-49-46-43-41-39-37-32-30-28-26-23-20-17-14-11-8-2/h20,23,27-30,37,39,57,60,66-67H,7-19,21-22,24-26,31-36,38,40-56,58-59,61-65H2,1-6H3,(H-,70,72,74,75)/p+1/b23-20-,29-27+,30-28-,39-37-,60-57+. The molecule has 0 aromatic rings. The SMILES string of the molecule is CCCCC/C=C\C/C=C\C/C=C\CCCCCCCCC(=O)NC(COP(=O)(O)OCC[N+](C)(C)C)C(/C=C/CCCCCCCCCCC)OC(=O)CCCCCCCCCCCCCCC/C=C/CCCCCCCC. The highest BCUT2D eigenvalue weighted by atomic mass is 31.2. The second-order valence-corrected chi connectivity index (χ2v) is 25.4. The van der Waals surface area contributed by atoms with Crippen molar-refractivity contribution in [3.63, 3.8) is 0 Å². The van der Waals surface area contributed by atoms with Crippen LogP contribution in [-0.2, 0) is 27.9 Å². The topological polar surface area (TPSA) is 111 Å². The number of amides is 1. The van der Waals surface area contributed by atoms with E-state index in [2.05, 4.69) is 74.7 Å². The van der Waals surface area contributed by atoms with Crippen LogP contribution in [0.4, 0.5) is 0 Å². The van der Waals surface area contributed by atoms with Gasteiger partial charge in [-0.2, -0.15) is 0 Å². The fourth-order valence-corrected chi connectivity index (χ4v) is 10.4. The van der Waals surface area contributed by atoms with E-state index >= 15 is 0 Å². The van der Waals surface area contributed by atoms with Gasteiger partial charge >= 0.3 is 13.8 Å². The minimum Gasteiger partial charge on any atom is -0.456 e. The van der Waals surface area contributed by atoms with Gasteiger partial charge in [0, 0.05) is 12.8 Å². The zero-order chi connectivity index (χ0) is 57.9. The van der Waals surface area contributed by atoms with Crippen LogP contribution in [0.2, 0.25) is 0 Å². The third kappa shape index (κ3) is 60.1. The largest absolute Gasteiger partial charge is 0.472 e. The lowest BCUT2D eigenvalue weighted by molar-refractivity contribution is -0.870. The van der Waals surface area contributed by atoms with Crippen LogP contribution in [0.25, 0.3) is 0 Å². The van der Waals surface area contributed by atoms with Gasteiger partial charge in [-0.3, -0.25) is 18.6 Å². The lowest BCUT2D eigenvalue weighted by atomic mass is 10.0. The summed E-state index contributed by atoms with van der Waals surface area (Å²) in [6.45, 7) is 6.99. The van der Waals surface area contributed by atoms with Crippen molar-refractivity contribution in [1.82, 2.24) is 5.32 Å². The summed E-state index contributed by atoms with van der Waals surface area (Å²) in [4.78, 5) is 37.8. The van der Waals surface area contributed by atoms with Crippen molar-refractivity contribution >= 4 is 19.7 Å². The lowest BCUT2D eigenvalue weighted by Gasteiger charge is -2.27. The van der Waals surface area contributed by atoms with Crippen molar-refractivity contribution in [3.05, 3.63) is 60.8 Å². The Morgan fingerprint density at radius 3 is 1.19 bits per heavy atom. The lowest BCUT2D eigenvalue weighted by Crippen LogP contribution is -2.47. The number of esters is 1. The predicted octanol–water partition coefficient (Wildman–Crippen LogP) is 21.0. The van der Waals surface area contributed by atoms with E-state index in [1.807, 2.05) is 33.3 Å².